The van der Waals surface area contributed by atoms with Crippen molar-refractivity contribution in [3.05, 3.63) is 76.1 Å². The van der Waals surface area contributed by atoms with E-state index in [1.807, 2.05) is 50.2 Å². The first-order chi connectivity index (χ1) is 14.0. The van der Waals surface area contributed by atoms with Gasteiger partial charge in [0.2, 0.25) is 0 Å². The lowest BCUT2D eigenvalue weighted by Gasteiger charge is -2.19. The van der Waals surface area contributed by atoms with Crippen molar-refractivity contribution in [3.8, 4) is 0 Å². The van der Waals surface area contributed by atoms with E-state index in [1.54, 1.807) is 4.68 Å². The third kappa shape index (κ3) is 4.15. The zero-order valence-corrected chi connectivity index (χ0v) is 17.5. The second-order valence-electron chi connectivity index (χ2n) is 7.54. The van der Waals surface area contributed by atoms with Gasteiger partial charge in [0.05, 0.1) is 17.8 Å². The molecule has 0 atom stereocenters. The molecule has 0 aliphatic carbocycles. The van der Waals surface area contributed by atoms with Crippen LogP contribution in [-0.2, 0) is 6.54 Å². The Kier molecular flexibility index (Phi) is 5.58. The van der Waals surface area contributed by atoms with Crippen LogP contribution in [0.4, 0.5) is 11.4 Å². The fourth-order valence-electron chi connectivity index (χ4n) is 3.82. The molecule has 1 aliphatic rings. The summed E-state index contributed by atoms with van der Waals surface area (Å²) in [4.78, 5) is 15.3. The van der Waals surface area contributed by atoms with E-state index in [1.165, 1.54) is 18.5 Å². The molecular weight excluding hydrogens is 384 g/mol. The van der Waals surface area contributed by atoms with Gasteiger partial charge in [0.15, 0.2) is 0 Å². The summed E-state index contributed by atoms with van der Waals surface area (Å²) >= 11 is 6.52. The zero-order valence-electron chi connectivity index (χ0n) is 16.8. The minimum Gasteiger partial charge on any atom is -0.372 e. The molecule has 1 N–H and O–H groups in total. The lowest BCUT2D eigenvalue weighted by Crippen LogP contribution is -2.18. The van der Waals surface area contributed by atoms with Crippen LogP contribution in [0, 0.1) is 13.8 Å². The Balaban J connectivity index is 1.53. The normalized spacial score (nSPS) is 13.7. The predicted octanol–water partition coefficient (Wildman–Crippen LogP) is 5.05. The first-order valence-corrected chi connectivity index (χ1v) is 10.3. The van der Waals surface area contributed by atoms with Gasteiger partial charge in [-0.15, -0.1) is 0 Å². The Morgan fingerprint density at radius 3 is 2.52 bits per heavy atom. The fraction of sp³-hybridized carbons (Fsp3) is 0.304. The minimum atomic E-state index is -0.233. The van der Waals surface area contributed by atoms with E-state index in [4.69, 9.17) is 11.6 Å². The molecule has 0 unspecified atom stereocenters. The Hall–Kier alpha value is -2.79. The van der Waals surface area contributed by atoms with Crippen LogP contribution in [0.5, 0.6) is 0 Å². The summed E-state index contributed by atoms with van der Waals surface area (Å²) in [6.45, 7) is 6.55. The van der Waals surface area contributed by atoms with Crippen molar-refractivity contribution in [2.45, 2.75) is 33.2 Å². The molecule has 3 aromatic rings. The molecule has 5 nitrogen and oxygen atoms in total. The number of halogens is 1. The van der Waals surface area contributed by atoms with Gasteiger partial charge in [0.25, 0.3) is 5.91 Å². The van der Waals surface area contributed by atoms with Crippen molar-refractivity contribution >= 4 is 28.9 Å². The maximum absolute atomic E-state index is 13.0. The molecule has 1 aliphatic heterocycles. The molecule has 1 amide bonds. The second-order valence-corrected chi connectivity index (χ2v) is 7.90. The van der Waals surface area contributed by atoms with Crippen LogP contribution >= 0.6 is 11.6 Å². The van der Waals surface area contributed by atoms with Crippen LogP contribution in [0.1, 0.15) is 40.0 Å². The number of hydrogen-bond donors (Lipinski definition) is 1. The molecule has 0 radical (unpaired) electrons. The van der Waals surface area contributed by atoms with Gasteiger partial charge >= 0.3 is 0 Å². The Morgan fingerprint density at radius 1 is 1.10 bits per heavy atom. The first kappa shape index (κ1) is 19.5. The van der Waals surface area contributed by atoms with E-state index < -0.39 is 0 Å². The number of anilines is 2. The van der Waals surface area contributed by atoms with E-state index >= 15 is 0 Å². The Labute approximate surface area is 176 Å². The molecule has 6 heteroatoms. The topological polar surface area (TPSA) is 50.2 Å². The van der Waals surface area contributed by atoms with Gasteiger partial charge in [0.1, 0.15) is 5.15 Å². The van der Waals surface area contributed by atoms with E-state index in [2.05, 4.69) is 27.4 Å². The van der Waals surface area contributed by atoms with Crippen molar-refractivity contribution in [1.29, 1.82) is 0 Å². The average Bonchev–Trinajstić information content (AvgIpc) is 3.33. The number of rotatable bonds is 5. The maximum Gasteiger partial charge on any atom is 0.260 e. The predicted molar refractivity (Wildman–Crippen MR) is 118 cm³/mol. The van der Waals surface area contributed by atoms with Gasteiger partial charge in [-0.25, -0.2) is 4.68 Å². The van der Waals surface area contributed by atoms with Crippen molar-refractivity contribution in [1.82, 2.24) is 9.78 Å². The van der Waals surface area contributed by atoms with Crippen LogP contribution in [0.2, 0.25) is 5.15 Å². The molecule has 1 saturated heterocycles. The number of benzene rings is 2. The minimum absolute atomic E-state index is 0.233. The molecule has 0 bridgehead atoms. The monoisotopic (exact) mass is 408 g/mol. The van der Waals surface area contributed by atoms with Crippen LogP contribution in [0.3, 0.4) is 0 Å². The van der Waals surface area contributed by atoms with Crippen molar-refractivity contribution in [3.63, 3.8) is 0 Å². The van der Waals surface area contributed by atoms with Gasteiger partial charge in [-0.1, -0.05) is 41.9 Å². The maximum atomic E-state index is 13.0. The molecule has 0 saturated carbocycles. The highest BCUT2D eigenvalue weighted by Crippen LogP contribution is 2.27. The summed E-state index contributed by atoms with van der Waals surface area (Å²) in [5.41, 5.74) is 5.16. The van der Waals surface area contributed by atoms with E-state index in [9.17, 15) is 4.79 Å². The number of carbonyl (C=O) groups is 1. The molecule has 2 aromatic carbocycles. The summed E-state index contributed by atoms with van der Waals surface area (Å²) in [6, 6.07) is 16.1. The lowest BCUT2D eigenvalue weighted by atomic mass is 10.1. The molecule has 2 heterocycles. The number of aryl methyl sites for hydroxylation is 2. The van der Waals surface area contributed by atoms with Crippen LogP contribution in [-0.4, -0.2) is 28.8 Å². The number of amides is 1. The summed E-state index contributed by atoms with van der Waals surface area (Å²) in [5, 5.41) is 7.84. The number of nitrogens with one attached hydrogen (secondary N) is 1. The summed E-state index contributed by atoms with van der Waals surface area (Å²) in [7, 11) is 0. The zero-order chi connectivity index (χ0) is 20.4. The highest BCUT2D eigenvalue weighted by atomic mass is 35.5. The molecule has 150 valence electrons. The number of carbonyl (C=O) groups excluding carboxylic acids is 1. The molecule has 1 fully saturated rings. The van der Waals surface area contributed by atoms with Gasteiger partial charge in [0, 0.05) is 24.5 Å². The largest absolute Gasteiger partial charge is 0.372 e. The fourth-order valence-corrected chi connectivity index (χ4v) is 4.14. The number of nitrogens with zero attached hydrogens (tertiary/aromatic N) is 3. The number of hydrogen-bond acceptors (Lipinski definition) is 3. The van der Waals surface area contributed by atoms with Crippen molar-refractivity contribution in [2.24, 2.45) is 0 Å². The van der Waals surface area contributed by atoms with Gasteiger partial charge in [-0.05, 0) is 56.0 Å². The molecule has 0 spiro atoms. The quantitative estimate of drug-likeness (QED) is 0.642. The van der Waals surface area contributed by atoms with Gasteiger partial charge < -0.3 is 10.2 Å². The summed E-state index contributed by atoms with van der Waals surface area (Å²) in [5.74, 6) is -0.233. The molecule has 1 aromatic heterocycles. The average molecular weight is 409 g/mol. The van der Waals surface area contributed by atoms with Gasteiger partial charge in [-0.3, -0.25) is 4.79 Å². The highest BCUT2D eigenvalue weighted by Gasteiger charge is 2.21. The van der Waals surface area contributed by atoms with Crippen molar-refractivity contribution in [2.75, 3.05) is 23.3 Å². The van der Waals surface area contributed by atoms with Crippen LogP contribution < -0.4 is 10.2 Å². The smallest absolute Gasteiger partial charge is 0.260 e. The Bertz CT molecular complexity index is 1020. The van der Waals surface area contributed by atoms with Gasteiger partial charge in [-0.2, -0.15) is 5.10 Å². The summed E-state index contributed by atoms with van der Waals surface area (Å²) < 4.78 is 1.67. The second kappa shape index (κ2) is 8.29. The summed E-state index contributed by atoms with van der Waals surface area (Å²) in [6.07, 6.45) is 2.48. The third-order valence-electron chi connectivity index (χ3n) is 5.40. The third-order valence-corrected chi connectivity index (χ3v) is 5.78. The van der Waals surface area contributed by atoms with Crippen LogP contribution in [0.25, 0.3) is 0 Å². The van der Waals surface area contributed by atoms with E-state index in [0.717, 1.165) is 29.9 Å². The van der Waals surface area contributed by atoms with E-state index in [-0.39, 0.29) is 5.91 Å². The SMILES string of the molecule is Cc1cc(N2CCCC2)ccc1NC(=O)c1c(C)nn(Cc2ccccc2)c1Cl. The highest BCUT2D eigenvalue weighted by molar-refractivity contribution is 6.33. The van der Waals surface area contributed by atoms with Crippen molar-refractivity contribution < 1.29 is 4.79 Å². The number of aromatic nitrogens is 2. The Morgan fingerprint density at radius 2 is 1.83 bits per heavy atom. The van der Waals surface area contributed by atoms with Crippen LogP contribution in [0.15, 0.2) is 48.5 Å². The molecule has 29 heavy (non-hydrogen) atoms. The first-order valence-electron chi connectivity index (χ1n) is 9.96. The lowest BCUT2D eigenvalue weighted by molar-refractivity contribution is 0.102. The standard InChI is InChI=1S/C23H25ClN4O/c1-16-14-19(27-12-6-7-13-27)10-11-20(16)25-23(29)21-17(2)26-28(22(21)24)15-18-8-4-3-5-9-18/h3-5,8-11,14H,6-7,12-13,15H2,1-2H3,(H,25,29). The molecular formula is C23H25ClN4O. The van der Waals surface area contributed by atoms with E-state index in [0.29, 0.717) is 23.0 Å². The molecule has 4 rings (SSSR count).